The summed E-state index contributed by atoms with van der Waals surface area (Å²) in [5.41, 5.74) is 0.649. The van der Waals surface area contributed by atoms with Crippen molar-refractivity contribution in [1.82, 2.24) is 0 Å². The van der Waals surface area contributed by atoms with Gasteiger partial charge in [-0.3, -0.25) is 14.5 Å². The molecule has 1 aliphatic heterocycles. The molecule has 1 aromatic rings. The van der Waals surface area contributed by atoms with Crippen molar-refractivity contribution < 1.29 is 14.3 Å². The van der Waals surface area contributed by atoms with Crippen LogP contribution in [0.1, 0.15) is 13.3 Å². The number of nitriles is 1. The minimum Gasteiger partial charge on any atom is -0.466 e. The lowest BCUT2D eigenvalue weighted by Crippen LogP contribution is -2.42. The molecule has 0 radical (unpaired) electrons. The molecule has 1 amide bonds. The monoisotopic (exact) mass is 324 g/mol. The highest BCUT2D eigenvalue weighted by atomic mass is 35.5. The number of carbonyl (C=O) groups excluding carboxylic acids is 2. The van der Waals surface area contributed by atoms with Crippen molar-refractivity contribution in [2.75, 3.05) is 18.1 Å². The van der Waals surface area contributed by atoms with E-state index in [0.29, 0.717) is 10.7 Å². The van der Waals surface area contributed by atoms with Crippen LogP contribution in [-0.2, 0) is 14.3 Å². The normalized spacial score (nSPS) is 17.1. The van der Waals surface area contributed by atoms with Gasteiger partial charge < -0.3 is 4.74 Å². The van der Waals surface area contributed by atoms with Crippen LogP contribution in [0, 0.1) is 11.3 Å². The van der Waals surface area contributed by atoms with Crippen molar-refractivity contribution >= 4 is 40.9 Å². The number of esters is 1. The first kappa shape index (κ1) is 15.7. The van der Waals surface area contributed by atoms with E-state index < -0.39 is 11.2 Å². The lowest BCUT2D eigenvalue weighted by molar-refractivity contribution is -0.144. The summed E-state index contributed by atoms with van der Waals surface area (Å²) >= 11 is 7.24. The van der Waals surface area contributed by atoms with Gasteiger partial charge in [0, 0.05) is 9.92 Å². The van der Waals surface area contributed by atoms with Crippen molar-refractivity contribution in [1.29, 1.82) is 5.26 Å². The Morgan fingerprint density at radius 1 is 1.57 bits per heavy atom. The van der Waals surface area contributed by atoms with Crippen LogP contribution in [0.15, 0.2) is 23.1 Å². The number of ether oxygens (including phenoxy) is 1. The Morgan fingerprint density at radius 3 is 3.00 bits per heavy atom. The summed E-state index contributed by atoms with van der Waals surface area (Å²) in [6.07, 6.45) is -0.0226. The first-order valence-electron chi connectivity index (χ1n) is 6.37. The summed E-state index contributed by atoms with van der Waals surface area (Å²) in [4.78, 5) is 26.2. The number of rotatable bonds is 4. The molecule has 7 heteroatoms. The molecule has 1 atom stereocenters. The van der Waals surface area contributed by atoms with Crippen LogP contribution in [0.3, 0.4) is 0 Å². The van der Waals surface area contributed by atoms with Gasteiger partial charge in [0.2, 0.25) is 5.91 Å². The molecule has 0 saturated heterocycles. The highest BCUT2D eigenvalue weighted by molar-refractivity contribution is 8.01. The molecule has 1 heterocycles. The van der Waals surface area contributed by atoms with E-state index in [1.54, 1.807) is 25.1 Å². The van der Waals surface area contributed by atoms with Gasteiger partial charge in [0.05, 0.1) is 30.0 Å². The van der Waals surface area contributed by atoms with E-state index in [2.05, 4.69) is 0 Å². The van der Waals surface area contributed by atoms with E-state index in [0.717, 1.165) is 4.90 Å². The van der Waals surface area contributed by atoms with Gasteiger partial charge in [-0.1, -0.05) is 11.6 Å². The van der Waals surface area contributed by atoms with Gasteiger partial charge in [-0.25, -0.2) is 0 Å². The first-order valence-corrected chi connectivity index (χ1v) is 7.62. The maximum absolute atomic E-state index is 12.4. The van der Waals surface area contributed by atoms with E-state index in [4.69, 9.17) is 21.6 Å². The zero-order chi connectivity index (χ0) is 15.4. The van der Waals surface area contributed by atoms with Crippen LogP contribution in [0.4, 0.5) is 5.69 Å². The Kier molecular flexibility index (Phi) is 5.10. The number of halogens is 1. The highest BCUT2D eigenvalue weighted by Crippen LogP contribution is 2.41. The van der Waals surface area contributed by atoms with Gasteiger partial charge in [-0.05, 0) is 25.1 Å². The zero-order valence-corrected chi connectivity index (χ0v) is 12.9. The Bertz CT molecular complexity index is 615. The van der Waals surface area contributed by atoms with Crippen LogP contribution in [0.5, 0.6) is 0 Å². The van der Waals surface area contributed by atoms with Gasteiger partial charge in [-0.2, -0.15) is 5.26 Å². The average Bonchev–Trinajstić information content (AvgIpc) is 2.43. The minimum atomic E-state index is -0.594. The number of nitrogens with zero attached hydrogens (tertiary/aromatic N) is 2. The molecular weight excluding hydrogens is 312 g/mol. The van der Waals surface area contributed by atoms with Crippen molar-refractivity contribution in [3.05, 3.63) is 23.2 Å². The number of anilines is 1. The second-order valence-corrected chi connectivity index (χ2v) is 5.99. The van der Waals surface area contributed by atoms with E-state index in [1.807, 2.05) is 6.07 Å². The Labute approximate surface area is 131 Å². The second kappa shape index (κ2) is 6.83. The molecule has 0 saturated carbocycles. The standard InChI is InChI=1S/C14H13ClN2O3S/c1-2-20-13(18)8-12-14(19)17(6-5-16)10-4-3-9(15)7-11(10)21-12/h3-4,7,12H,2,6,8H2,1H3. The number of carbonyl (C=O) groups is 2. The van der Waals surface area contributed by atoms with Gasteiger partial charge in [0.25, 0.3) is 0 Å². The maximum atomic E-state index is 12.4. The summed E-state index contributed by atoms with van der Waals surface area (Å²) in [6, 6.07) is 7.08. The summed E-state index contributed by atoms with van der Waals surface area (Å²) in [5, 5.41) is 8.85. The smallest absolute Gasteiger partial charge is 0.307 e. The van der Waals surface area contributed by atoms with Gasteiger partial charge >= 0.3 is 5.97 Å². The molecule has 1 aliphatic rings. The molecule has 21 heavy (non-hydrogen) atoms. The number of hydrogen-bond acceptors (Lipinski definition) is 5. The fraction of sp³-hybridized carbons (Fsp3) is 0.357. The molecule has 0 N–H and O–H groups in total. The minimum absolute atomic E-state index is 0.0226. The van der Waals surface area contributed by atoms with Crippen LogP contribution < -0.4 is 4.90 Å². The zero-order valence-electron chi connectivity index (χ0n) is 11.3. The maximum Gasteiger partial charge on any atom is 0.307 e. The van der Waals surface area contributed by atoms with Gasteiger partial charge in [-0.15, -0.1) is 11.8 Å². The molecule has 5 nitrogen and oxygen atoms in total. The van der Waals surface area contributed by atoms with Crippen LogP contribution in [-0.4, -0.2) is 30.3 Å². The largest absolute Gasteiger partial charge is 0.466 e. The molecule has 0 aliphatic carbocycles. The predicted molar refractivity (Wildman–Crippen MR) is 80.3 cm³/mol. The van der Waals surface area contributed by atoms with E-state index in [9.17, 15) is 9.59 Å². The summed E-state index contributed by atoms with van der Waals surface area (Å²) in [6.45, 7) is 1.92. The fourth-order valence-corrected chi connectivity index (χ4v) is 3.52. The Hall–Kier alpha value is -1.71. The van der Waals surface area contributed by atoms with Crippen molar-refractivity contribution in [3.8, 4) is 6.07 Å². The second-order valence-electron chi connectivity index (χ2n) is 4.31. The third kappa shape index (κ3) is 3.49. The van der Waals surface area contributed by atoms with Crippen molar-refractivity contribution in [3.63, 3.8) is 0 Å². The Balaban J connectivity index is 2.29. The molecule has 110 valence electrons. The molecular formula is C14H13ClN2O3S. The number of hydrogen-bond donors (Lipinski definition) is 0. The highest BCUT2D eigenvalue weighted by Gasteiger charge is 2.35. The number of benzene rings is 1. The Morgan fingerprint density at radius 2 is 2.33 bits per heavy atom. The third-order valence-corrected chi connectivity index (χ3v) is 4.38. The van der Waals surface area contributed by atoms with E-state index >= 15 is 0 Å². The fourth-order valence-electron chi connectivity index (χ4n) is 2.04. The quantitative estimate of drug-likeness (QED) is 0.629. The van der Waals surface area contributed by atoms with Crippen molar-refractivity contribution in [2.24, 2.45) is 0 Å². The third-order valence-electron chi connectivity index (χ3n) is 2.91. The molecule has 2 rings (SSSR count). The van der Waals surface area contributed by atoms with Crippen LogP contribution >= 0.6 is 23.4 Å². The summed E-state index contributed by atoms with van der Waals surface area (Å²) in [5.74, 6) is -0.685. The molecule has 0 aromatic heterocycles. The van der Waals surface area contributed by atoms with Crippen LogP contribution in [0.2, 0.25) is 5.02 Å². The molecule has 1 unspecified atom stereocenters. The number of fused-ring (bicyclic) bond motifs is 1. The van der Waals surface area contributed by atoms with Crippen LogP contribution in [0.25, 0.3) is 0 Å². The lowest BCUT2D eigenvalue weighted by atomic mass is 10.2. The molecule has 0 fully saturated rings. The predicted octanol–water partition coefficient (Wildman–Crippen LogP) is 2.62. The summed E-state index contributed by atoms with van der Waals surface area (Å²) < 4.78 is 4.89. The molecule has 0 spiro atoms. The van der Waals surface area contributed by atoms with Gasteiger partial charge in [0.15, 0.2) is 0 Å². The lowest BCUT2D eigenvalue weighted by Gasteiger charge is -2.31. The SMILES string of the molecule is CCOC(=O)CC1Sc2cc(Cl)ccc2N(CC#N)C1=O. The number of thioether (sulfide) groups is 1. The van der Waals surface area contributed by atoms with Gasteiger partial charge in [0.1, 0.15) is 6.54 Å². The molecule has 1 aromatic carbocycles. The first-order chi connectivity index (χ1) is 10.1. The average molecular weight is 325 g/mol. The van der Waals surface area contributed by atoms with E-state index in [1.165, 1.54) is 16.7 Å². The summed E-state index contributed by atoms with van der Waals surface area (Å²) in [7, 11) is 0. The van der Waals surface area contributed by atoms with Crippen molar-refractivity contribution in [2.45, 2.75) is 23.5 Å². The topological polar surface area (TPSA) is 70.4 Å². The number of amides is 1. The van der Waals surface area contributed by atoms with E-state index in [-0.39, 0.29) is 25.5 Å². The molecule has 0 bridgehead atoms.